The number of carbonyl (C=O) groups is 1. The molecule has 242 valence electrons. The van der Waals surface area contributed by atoms with Crippen LogP contribution >= 0.6 is 0 Å². The molecule has 1 saturated heterocycles. The van der Waals surface area contributed by atoms with Crippen molar-refractivity contribution in [3.63, 3.8) is 0 Å². The Kier molecular flexibility index (Phi) is 9.74. The normalized spacial score (nSPS) is 22.1. The Balaban J connectivity index is 0.00000400. The second kappa shape index (κ2) is 13.4. The molecule has 0 amide bonds. The van der Waals surface area contributed by atoms with E-state index in [0.29, 0.717) is 53.8 Å². The summed E-state index contributed by atoms with van der Waals surface area (Å²) in [7, 11) is 0.534. The van der Waals surface area contributed by atoms with Crippen LogP contribution in [0.25, 0.3) is 11.1 Å². The molecule has 0 spiro atoms. The first-order valence-corrected chi connectivity index (χ1v) is 16.1. The van der Waals surface area contributed by atoms with Gasteiger partial charge in [0.2, 0.25) is 0 Å². The van der Waals surface area contributed by atoms with Crippen LogP contribution < -0.4 is 14.2 Å². The van der Waals surface area contributed by atoms with Gasteiger partial charge < -0.3 is 24.4 Å². The Morgan fingerprint density at radius 2 is 1.73 bits per heavy atom. The van der Waals surface area contributed by atoms with Crippen LogP contribution in [0.5, 0.6) is 17.2 Å². The van der Waals surface area contributed by atoms with Crippen LogP contribution in [0.15, 0.2) is 48.5 Å². The van der Waals surface area contributed by atoms with Crippen molar-refractivity contribution in [2.75, 3.05) is 31.8 Å². The van der Waals surface area contributed by atoms with Crippen molar-refractivity contribution >= 4 is 16.8 Å². The summed E-state index contributed by atoms with van der Waals surface area (Å²) < 4.78 is 92.4. The molecule has 2 aliphatic heterocycles. The summed E-state index contributed by atoms with van der Waals surface area (Å²) in [4.78, 5) is 11.7. The molecule has 2 N–H and O–H groups in total. The monoisotopic (exact) mass is 650 g/mol. The Morgan fingerprint density at radius 3 is 2.44 bits per heavy atom. The van der Waals surface area contributed by atoms with Crippen LogP contribution in [0.3, 0.4) is 0 Å². The van der Waals surface area contributed by atoms with Crippen LogP contribution in [0.1, 0.15) is 60.0 Å². The van der Waals surface area contributed by atoms with Gasteiger partial charge in [-0.2, -0.15) is 13.2 Å². The van der Waals surface area contributed by atoms with Crippen LogP contribution in [-0.2, 0) is 32.9 Å². The smallest absolute Gasteiger partial charge is 0.417 e. The number of esters is 1. The number of benzene rings is 3. The van der Waals surface area contributed by atoms with Crippen LogP contribution in [0.4, 0.5) is 17.6 Å². The van der Waals surface area contributed by atoms with Gasteiger partial charge in [0.1, 0.15) is 29.2 Å². The maximum Gasteiger partial charge on any atom is 0.417 e. The Morgan fingerprint density at radius 1 is 1.00 bits per heavy atom. The minimum absolute atomic E-state index is 0. The molecule has 1 fully saturated rings. The third-order valence-electron chi connectivity index (χ3n) is 8.65. The van der Waals surface area contributed by atoms with E-state index in [1.54, 1.807) is 12.1 Å². The summed E-state index contributed by atoms with van der Waals surface area (Å²) in [5.74, 6) is 1.49. The number of halogens is 4. The van der Waals surface area contributed by atoms with Crippen LogP contribution in [0.2, 0.25) is 0 Å². The predicted octanol–water partition coefficient (Wildman–Crippen LogP) is 6.33. The molecule has 0 bridgehead atoms. The van der Waals surface area contributed by atoms with Gasteiger partial charge in [0.05, 0.1) is 32.3 Å². The number of ether oxygens (including phenoxy) is 4. The molecule has 7 nitrogen and oxygen atoms in total. The SMILES string of the molecule is COC(=O)C[C@@H]1COc2cc(O[C@@H]3CCc4c3ccc(C(F)(F)F)c4-c3ccc(OCC4CCS(=O)CC4)cc3F)ccc21.O. The molecule has 6 rings (SSSR count). The molecule has 2 atom stereocenters. The zero-order chi connectivity index (χ0) is 31.0. The molecule has 12 heteroatoms. The molecular weight excluding hydrogens is 616 g/mol. The number of rotatable bonds is 8. The van der Waals surface area contributed by atoms with E-state index in [4.69, 9.17) is 18.9 Å². The summed E-state index contributed by atoms with van der Waals surface area (Å²) in [6.07, 6.45) is -2.82. The average Bonchev–Trinajstić information content (AvgIpc) is 3.59. The second-order valence-electron chi connectivity index (χ2n) is 11.4. The standard InChI is InChI=1S/C33H32F4O6S.H2O/c1-40-31(38)14-20-18-42-30-16-22(3-4-23(20)30)43-29-9-7-25-24(29)6-8-27(33(35,36)37)32(25)26-5-2-21(15-28(26)34)41-17-19-10-12-44(39)13-11-19;/h2-6,8,15-16,19-20,29H,7,9-14,17-18H2,1H3;1H2/t19?,20-,29-,44?;/m1./s1. The summed E-state index contributed by atoms with van der Waals surface area (Å²) in [6.45, 7) is 0.672. The third-order valence-corrected chi connectivity index (χ3v) is 10.0. The van der Waals surface area contributed by atoms with Gasteiger partial charge in [-0.15, -0.1) is 0 Å². The van der Waals surface area contributed by atoms with Crippen LogP contribution in [0, 0.1) is 11.7 Å². The van der Waals surface area contributed by atoms with Crippen molar-refractivity contribution in [1.82, 2.24) is 0 Å². The Labute approximate surface area is 260 Å². The minimum Gasteiger partial charge on any atom is -0.493 e. The van der Waals surface area contributed by atoms with Crippen molar-refractivity contribution in [3.05, 3.63) is 76.6 Å². The van der Waals surface area contributed by atoms with E-state index in [1.807, 2.05) is 6.07 Å². The fourth-order valence-corrected chi connectivity index (χ4v) is 7.69. The molecule has 3 aliphatic rings. The van der Waals surface area contributed by atoms with Crippen LogP contribution in [-0.4, -0.2) is 47.5 Å². The molecule has 2 heterocycles. The zero-order valence-electron chi connectivity index (χ0n) is 24.6. The highest BCUT2D eigenvalue weighted by molar-refractivity contribution is 7.85. The van der Waals surface area contributed by atoms with Crippen molar-refractivity contribution < 1.29 is 51.0 Å². The third kappa shape index (κ3) is 6.96. The number of methoxy groups -OCH3 is 1. The van der Waals surface area contributed by atoms with E-state index in [2.05, 4.69) is 0 Å². The lowest BCUT2D eigenvalue weighted by atomic mass is 9.91. The number of hydrogen-bond acceptors (Lipinski definition) is 6. The lowest BCUT2D eigenvalue weighted by Crippen LogP contribution is -2.23. The first-order valence-electron chi connectivity index (χ1n) is 14.6. The fourth-order valence-electron chi connectivity index (χ4n) is 6.29. The summed E-state index contributed by atoms with van der Waals surface area (Å²) >= 11 is 0. The quantitative estimate of drug-likeness (QED) is 0.209. The molecule has 3 aromatic rings. The maximum absolute atomic E-state index is 15.5. The van der Waals surface area contributed by atoms with Gasteiger partial charge in [0.25, 0.3) is 0 Å². The van der Waals surface area contributed by atoms with E-state index in [9.17, 15) is 22.2 Å². The predicted molar refractivity (Wildman–Crippen MR) is 160 cm³/mol. The largest absolute Gasteiger partial charge is 0.493 e. The summed E-state index contributed by atoms with van der Waals surface area (Å²) in [5, 5.41) is 0. The zero-order valence-corrected chi connectivity index (χ0v) is 25.4. The molecule has 0 unspecified atom stereocenters. The molecular formula is C33H34F4O7S. The van der Waals surface area contributed by atoms with E-state index < -0.39 is 34.5 Å². The number of fused-ring (bicyclic) bond motifs is 2. The Hall–Kier alpha value is -3.64. The summed E-state index contributed by atoms with van der Waals surface area (Å²) in [6, 6.07) is 11.7. The highest BCUT2D eigenvalue weighted by Gasteiger charge is 2.39. The minimum atomic E-state index is -4.69. The molecule has 0 aromatic heterocycles. The van der Waals surface area contributed by atoms with E-state index in [0.717, 1.165) is 30.5 Å². The molecule has 0 saturated carbocycles. The van der Waals surface area contributed by atoms with Gasteiger partial charge >= 0.3 is 12.1 Å². The molecule has 45 heavy (non-hydrogen) atoms. The van der Waals surface area contributed by atoms with Crippen molar-refractivity contribution in [3.8, 4) is 28.4 Å². The molecule has 0 radical (unpaired) electrons. The fraction of sp³-hybridized carbons (Fsp3) is 0.424. The number of carbonyl (C=O) groups excluding carboxylic acids is 1. The van der Waals surface area contributed by atoms with Crippen molar-refractivity contribution in [1.29, 1.82) is 0 Å². The number of alkyl halides is 3. The van der Waals surface area contributed by atoms with Gasteiger partial charge in [-0.1, -0.05) is 12.1 Å². The van der Waals surface area contributed by atoms with Crippen molar-refractivity contribution in [2.45, 2.75) is 50.3 Å². The highest BCUT2D eigenvalue weighted by atomic mass is 32.2. The first kappa shape index (κ1) is 32.7. The topological polar surface area (TPSA) is 103 Å². The number of hydrogen-bond donors (Lipinski definition) is 0. The lowest BCUT2D eigenvalue weighted by molar-refractivity contribution is -0.141. The van der Waals surface area contributed by atoms with Gasteiger partial charge in [0.15, 0.2) is 0 Å². The maximum atomic E-state index is 15.5. The summed E-state index contributed by atoms with van der Waals surface area (Å²) in [5.41, 5.74) is 0.628. The van der Waals surface area contributed by atoms with Gasteiger partial charge in [0, 0.05) is 57.0 Å². The van der Waals surface area contributed by atoms with Gasteiger partial charge in [-0.3, -0.25) is 9.00 Å². The molecule has 3 aromatic carbocycles. The van der Waals surface area contributed by atoms with Gasteiger partial charge in [-0.25, -0.2) is 4.39 Å². The first-order chi connectivity index (χ1) is 21.1. The Bertz CT molecular complexity index is 1580. The van der Waals surface area contributed by atoms with E-state index in [1.165, 1.54) is 25.3 Å². The lowest BCUT2D eigenvalue weighted by Gasteiger charge is -2.22. The highest BCUT2D eigenvalue weighted by Crippen LogP contribution is 2.48. The van der Waals surface area contributed by atoms with Gasteiger partial charge in [-0.05, 0) is 67.0 Å². The second-order valence-corrected chi connectivity index (χ2v) is 13.1. The molecule has 1 aliphatic carbocycles. The van der Waals surface area contributed by atoms with E-state index >= 15 is 4.39 Å². The average molecular weight is 651 g/mol. The van der Waals surface area contributed by atoms with E-state index in [-0.39, 0.29) is 53.0 Å². The van der Waals surface area contributed by atoms with Crippen molar-refractivity contribution in [2.24, 2.45) is 5.92 Å².